The summed E-state index contributed by atoms with van der Waals surface area (Å²) in [6.45, 7) is 0. The maximum Gasteiger partial charge on any atom is 0.132 e. The number of fused-ring (bicyclic) bond motifs is 1. The molecule has 2 rings (SSSR count). The zero-order valence-corrected chi connectivity index (χ0v) is 7.69. The van der Waals surface area contributed by atoms with Crippen molar-refractivity contribution in [3.8, 4) is 0 Å². The van der Waals surface area contributed by atoms with Gasteiger partial charge in [-0.05, 0) is 15.9 Å². The number of aromatic amines is 1. The van der Waals surface area contributed by atoms with Crippen LogP contribution in [0.4, 0.5) is 0 Å². The molecule has 2 aromatic heterocycles. The zero-order chi connectivity index (χ0) is 6.97. The van der Waals surface area contributed by atoms with Crippen LogP contribution in [-0.4, -0.2) is 20.4 Å². The van der Waals surface area contributed by atoms with Crippen molar-refractivity contribution in [1.82, 2.24) is 20.4 Å². The van der Waals surface area contributed by atoms with E-state index in [2.05, 4.69) is 36.3 Å². The SMILES string of the molecule is Brc1cncc2n[nH]nc12.Cl. The summed E-state index contributed by atoms with van der Waals surface area (Å²) < 4.78 is 0.860. The summed E-state index contributed by atoms with van der Waals surface area (Å²) >= 11 is 3.29. The molecule has 58 valence electrons. The molecule has 0 atom stereocenters. The highest BCUT2D eigenvalue weighted by Crippen LogP contribution is 2.16. The van der Waals surface area contributed by atoms with Crippen LogP contribution in [0.25, 0.3) is 11.0 Å². The van der Waals surface area contributed by atoms with E-state index in [-0.39, 0.29) is 12.4 Å². The second kappa shape index (κ2) is 3.15. The fraction of sp³-hybridized carbons (Fsp3) is 0. The van der Waals surface area contributed by atoms with Gasteiger partial charge in [-0.1, -0.05) is 0 Å². The quantitative estimate of drug-likeness (QED) is 0.753. The number of hydrogen-bond donors (Lipinski definition) is 1. The number of hydrogen-bond acceptors (Lipinski definition) is 3. The Kier molecular flexibility index (Phi) is 2.41. The first-order valence-corrected chi connectivity index (χ1v) is 3.47. The molecular weight excluding hydrogens is 231 g/mol. The van der Waals surface area contributed by atoms with Crippen LogP contribution in [0, 0.1) is 0 Å². The Morgan fingerprint density at radius 3 is 2.82 bits per heavy atom. The third-order valence-corrected chi connectivity index (χ3v) is 1.77. The van der Waals surface area contributed by atoms with Gasteiger partial charge >= 0.3 is 0 Å². The van der Waals surface area contributed by atoms with Crippen molar-refractivity contribution in [2.75, 3.05) is 0 Å². The van der Waals surface area contributed by atoms with Gasteiger partial charge in [0, 0.05) is 6.20 Å². The van der Waals surface area contributed by atoms with Crippen molar-refractivity contribution in [2.24, 2.45) is 0 Å². The summed E-state index contributed by atoms with van der Waals surface area (Å²) in [5.41, 5.74) is 1.59. The third kappa shape index (κ3) is 1.34. The number of aromatic nitrogens is 4. The smallest absolute Gasteiger partial charge is 0.132 e. The summed E-state index contributed by atoms with van der Waals surface area (Å²) in [6, 6.07) is 0. The molecule has 0 aliphatic heterocycles. The summed E-state index contributed by atoms with van der Waals surface area (Å²) in [6.07, 6.45) is 3.34. The monoisotopic (exact) mass is 234 g/mol. The van der Waals surface area contributed by atoms with Crippen molar-refractivity contribution in [3.05, 3.63) is 16.9 Å². The number of nitrogens with one attached hydrogen (secondary N) is 1. The average molecular weight is 235 g/mol. The van der Waals surface area contributed by atoms with Gasteiger partial charge in [0.15, 0.2) is 0 Å². The van der Waals surface area contributed by atoms with Gasteiger partial charge in [0.2, 0.25) is 0 Å². The highest BCUT2D eigenvalue weighted by atomic mass is 79.9. The minimum Gasteiger partial charge on any atom is -0.261 e. The van der Waals surface area contributed by atoms with Crippen LogP contribution in [0.5, 0.6) is 0 Å². The molecule has 0 unspecified atom stereocenters. The van der Waals surface area contributed by atoms with Gasteiger partial charge in [0.25, 0.3) is 0 Å². The molecule has 11 heavy (non-hydrogen) atoms. The largest absolute Gasteiger partial charge is 0.261 e. The molecule has 4 nitrogen and oxygen atoms in total. The van der Waals surface area contributed by atoms with Gasteiger partial charge in [-0.25, -0.2) is 0 Å². The molecule has 1 N–H and O–H groups in total. The second-order valence-electron chi connectivity index (χ2n) is 1.81. The fourth-order valence-electron chi connectivity index (χ4n) is 0.739. The van der Waals surface area contributed by atoms with Crippen molar-refractivity contribution >= 4 is 39.4 Å². The lowest BCUT2D eigenvalue weighted by Gasteiger charge is -1.85. The van der Waals surface area contributed by atoms with E-state index >= 15 is 0 Å². The minimum atomic E-state index is 0. The Hall–Kier alpha value is -0.680. The first kappa shape index (κ1) is 8.42. The Labute approximate surface area is 76.9 Å². The molecule has 2 heterocycles. The number of H-pyrrole nitrogens is 1. The van der Waals surface area contributed by atoms with Crippen LogP contribution in [-0.2, 0) is 0 Å². The van der Waals surface area contributed by atoms with Gasteiger partial charge in [0.1, 0.15) is 11.0 Å². The molecule has 0 aliphatic rings. The van der Waals surface area contributed by atoms with Crippen molar-refractivity contribution in [2.45, 2.75) is 0 Å². The highest BCUT2D eigenvalue weighted by Gasteiger charge is 2.00. The van der Waals surface area contributed by atoms with E-state index in [1.165, 1.54) is 0 Å². The van der Waals surface area contributed by atoms with E-state index in [9.17, 15) is 0 Å². The van der Waals surface area contributed by atoms with Crippen molar-refractivity contribution in [3.63, 3.8) is 0 Å². The van der Waals surface area contributed by atoms with Crippen LogP contribution < -0.4 is 0 Å². The van der Waals surface area contributed by atoms with Crippen molar-refractivity contribution in [1.29, 1.82) is 0 Å². The Morgan fingerprint density at radius 2 is 2.09 bits per heavy atom. The number of halogens is 2. The summed E-state index contributed by atoms with van der Waals surface area (Å²) in [5.74, 6) is 0. The minimum absolute atomic E-state index is 0. The summed E-state index contributed by atoms with van der Waals surface area (Å²) in [7, 11) is 0. The predicted molar refractivity (Wildman–Crippen MR) is 46.6 cm³/mol. The lowest BCUT2D eigenvalue weighted by atomic mass is 10.4. The second-order valence-corrected chi connectivity index (χ2v) is 2.67. The number of rotatable bonds is 0. The molecule has 0 aromatic carbocycles. The first-order valence-electron chi connectivity index (χ1n) is 2.68. The molecule has 0 radical (unpaired) electrons. The third-order valence-electron chi connectivity index (χ3n) is 1.19. The van der Waals surface area contributed by atoms with Crippen LogP contribution in [0.1, 0.15) is 0 Å². The molecule has 0 amide bonds. The van der Waals surface area contributed by atoms with E-state index in [0.717, 1.165) is 15.5 Å². The van der Waals surface area contributed by atoms with Crippen LogP contribution in [0.3, 0.4) is 0 Å². The molecule has 0 aliphatic carbocycles. The van der Waals surface area contributed by atoms with E-state index in [1.54, 1.807) is 12.4 Å². The van der Waals surface area contributed by atoms with Crippen LogP contribution >= 0.6 is 28.3 Å². The molecule has 2 aromatic rings. The van der Waals surface area contributed by atoms with Gasteiger partial charge in [0.05, 0.1) is 10.7 Å². The molecule has 0 bridgehead atoms. The standard InChI is InChI=1S/C5H3BrN4.ClH/c6-3-1-7-2-4-5(3)9-10-8-4;/h1-2H,(H,8,9,10);1H. The zero-order valence-electron chi connectivity index (χ0n) is 5.28. The van der Waals surface area contributed by atoms with E-state index in [4.69, 9.17) is 0 Å². The fourth-order valence-corrected chi connectivity index (χ4v) is 1.15. The summed E-state index contributed by atoms with van der Waals surface area (Å²) in [5, 5.41) is 10.3. The average Bonchev–Trinajstić information content (AvgIpc) is 2.36. The van der Waals surface area contributed by atoms with Gasteiger partial charge in [-0.15, -0.1) is 12.4 Å². The highest BCUT2D eigenvalue weighted by molar-refractivity contribution is 9.10. The van der Waals surface area contributed by atoms with Gasteiger partial charge < -0.3 is 0 Å². The first-order chi connectivity index (χ1) is 4.88. The normalized spacial score (nSPS) is 9.55. The molecule has 0 spiro atoms. The van der Waals surface area contributed by atoms with E-state index in [1.807, 2.05) is 0 Å². The topological polar surface area (TPSA) is 54.5 Å². The maximum atomic E-state index is 3.92. The Morgan fingerprint density at radius 1 is 1.27 bits per heavy atom. The molecule has 0 saturated carbocycles. The van der Waals surface area contributed by atoms with E-state index < -0.39 is 0 Å². The maximum absolute atomic E-state index is 3.92. The molecular formula is C5H4BrClN4. The Bertz CT molecular complexity index is 360. The van der Waals surface area contributed by atoms with Gasteiger partial charge in [-0.2, -0.15) is 15.4 Å². The predicted octanol–water partition coefficient (Wildman–Crippen LogP) is 1.54. The lowest BCUT2D eigenvalue weighted by molar-refractivity contribution is 0.958. The molecule has 6 heteroatoms. The van der Waals surface area contributed by atoms with E-state index in [0.29, 0.717) is 0 Å². The summed E-state index contributed by atoms with van der Waals surface area (Å²) in [4.78, 5) is 3.92. The molecule has 0 saturated heterocycles. The van der Waals surface area contributed by atoms with Crippen LogP contribution in [0.2, 0.25) is 0 Å². The Balaban J connectivity index is 0.000000605. The van der Waals surface area contributed by atoms with Crippen molar-refractivity contribution < 1.29 is 0 Å². The number of pyridine rings is 1. The lowest BCUT2D eigenvalue weighted by Crippen LogP contribution is -1.74. The van der Waals surface area contributed by atoms with Gasteiger partial charge in [-0.3, -0.25) is 4.98 Å². The number of nitrogens with zero attached hydrogens (tertiary/aromatic N) is 3. The van der Waals surface area contributed by atoms with Crippen LogP contribution in [0.15, 0.2) is 16.9 Å². The molecule has 0 fully saturated rings.